The van der Waals surface area contributed by atoms with Crippen molar-refractivity contribution in [1.82, 2.24) is 10.2 Å². The first kappa shape index (κ1) is 17.4. The molecule has 0 radical (unpaired) electrons. The highest BCUT2D eigenvalue weighted by atomic mass is 16.5. The molecule has 0 aromatic heterocycles. The predicted octanol–water partition coefficient (Wildman–Crippen LogP) is 2.96. The Kier molecular flexibility index (Phi) is 6.56. The lowest BCUT2D eigenvalue weighted by atomic mass is 10.1. The van der Waals surface area contributed by atoms with E-state index in [0.29, 0.717) is 5.92 Å². The Balaban J connectivity index is 1.78. The first-order valence-electron chi connectivity index (χ1n) is 8.52. The number of rotatable bonds is 6. The van der Waals surface area contributed by atoms with Crippen molar-refractivity contribution in [2.24, 2.45) is 5.92 Å². The third kappa shape index (κ3) is 5.05. The van der Waals surface area contributed by atoms with Crippen LogP contribution in [0.4, 0.5) is 10.5 Å². The molecule has 0 saturated carbocycles. The van der Waals surface area contributed by atoms with E-state index in [-0.39, 0.29) is 6.03 Å². The van der Waals surface area contributed by atoms with E-state index in [2.05, 4.69) is 30.1 Å². The van der Waals surface area contributed by atoms with Crippen LogP contribution in [0.25, 0.3) is 0 Å². The van der Waals surface area contributed by atoms with Crippen molar-refractivity contribution in [2.45, 2.75) is 26.7 Å². The molecule has 0 spiro atoms. The molecular weight excluding hydrogens is 290 g/mol. The molecule has 1 aliphatic rings. The smallest absolute Gasteiger partial charge is 0.317 e. The van der Waals surface area contributed by atoms with E-state index in [1.165, 1.54) is 0 Å². The summed E-state index contributed by atoms with van der Waals surface area (Å²) in [6.45, 7) is 8.34. The molecule has 2 amide bonds. The van der Waals surface area contributed by atoms with Crippen molar-refractivity contribution in [2.75, 3.05) is 44.7 Å². The Morgan fingerprint density at radius 1 is 1.22 bits per heavy atom. The lowest BCUT2D eigenvalue weighted by molar-refractivity contribution is 0.194. The molecule has 1 aromatic carbocycles. The number of piperazine rings is 1. The van der Waals surface area contributed by atoms with E-state index in [1.807, 2.05) is 23.1 Å². The fourth-order valence-corrected chi connectivity index (χ4v) is 2.86. The molecule has 5 heteroatoms. The summed E-state index contributed by atoms with van der Waals surface area (Å²) in [7, 11) is 1.69. The van der Waals surface area contributed by atoms with E-state index in [1.54, 1.807) is 7.11 Å². The fraction of sp³-hybridized carbons (Fsp3) is 0.611. The van der Waals surface area contributed by atoms with Crippen LogP contribution in [0.5, 0.6) is 5.75 Å². The van der Waals surface area contributed by atoms with E-state index in [0.717, 1.165) is 57.0 Å². The first-order chi connectivity index (χ1) is 11.1. The van der Waals surface area contributed by atoms with Gasteiger partial charge in [-0.2, -0.15) is 0 Å². The Morgan fingerprint density at radius 3 is 2.57 bits per heavy atom. The van der Waals surface area contributed by atoms with Gasteiger partial charge in [-0.05, 0) is 30.9 Å². The van der Waals surface area contributed by atoms with Crippen molar-refractivity contribution >= 4 is 11.7 Å². The summed E-state index contributed by atoms with van der Waals surface area (Å²) < 4.78 is 5.42. The van der Waals surface area contributed by atoms with Gasteiger partial charge in [0.1, 0.15) is 5.75 Å². The largest absolute Gasteiger partial charge is 0.495 e. The Bertz CT molecular complexity index is 497. The van der Waals surface area contributed by atoms with E-state index in [4.69, 9.17) is 4.74 Å². The number of hydrogen-bond acceptors (Lipinski definition) is 3. The van der Waals surface area contributed by atoms with Gasteiger partial charge >= 0.3 is 6.03 Å². The van der Waals surface area contributed by atoms with Crippen molar-refractivity contribution in [3.8, 4) is 5.75 Å². The zero-order valence-corrected chi connectivity index (χ0v) is 14.5. The van der Waals surface area contributed by atoms with Gasteiger partial charge in [0.25, 0.3) is 0 Å². The molecule has 1 aliphatic heterocycles. The second-order valence-electron chi connectivity index (χ2n) is 6.41. The van der Waals surface area contributed by atoms with Crippen LogP contribution in [0.2, 0.25) is 0 Å². The van der Waals surface area contributed by atoms with Crippen LogP contribution in [0, 0.1) is 5.92 Å². The zero-order chi connectivity index (χ0) is 16.7. The Labute approximate surface area is 139 Å². The first-order valence-corrected chi connectivity index (χ1v) is 8.52. The molecular formula is C18H29N3O2. The zero-order valence-electron chi connectivity index (χ0n) is 14.5. The van der Waals surface area contributed by atoms with Crippen LogP contribution in [-0.2, 0) is 0 Å². The molecule has 23 heavy (non-hydrogen) atoms. The van der Waals surface area contributed by atoms with Crippen LogP contribution >= 0.6 is 0 Å². The molecule has 1 aromatic rings. The van der Waals surface area contributed by atoms with E-state index >= 15 is 0 Å². The van der Waals surface area contributed by atoms with E-state index in [9.17, 15) is 4.79 Å². The number of carbonyl (C=O) groups is 1. The normalized spacial score (nSPS) is 15.0. The van der Waals surface area contributed by atoms with Crippen LogP contribution in [0.3, 0.4) is 0 Å². The van der Waals surface area contributed by atoms with E-state index < -0.39 is 0 Å². The highest BCUT2D eigenvalue weighted by Gasteiger charge is 2.22. The van der Waals surface area contributed by atoms with Gasteiger partial charge in [-0.1, -0.05) is 26.0 Å². The van der Waals surface area contributed by atoms with Crippen LogP contribution in [0.1, 0.15) is 26.7 Å². The summed E-state index contributed by atoms with van der Waals surface area (Å²) in [6, 6.07) is 8.10. The van der Waals surface area contributed by atoms with Crippen LogP contribution in [0.15, 0.2) is 24.3 Å². The maximum absolute atomic E-state index is 12.2. The molecule has 0 aliphatic carbocycles. The van der Waals surface area contributed by atoms with Crippen molar-refractivity contribution in [1.29, 1.82) is 0 Å². The van der Waals surface area contributed by atoms with Gasteiger partial charge in [0, 0.05) is 32.7 Å². The number of methoxy groups -OCH3 is 1. The Hall–Kier alpha value is -1.91. The summed E-state index contributed by atoms with van der Waals surface area (Å²) in [5.74, 6) is 1.58. The van der Waals surface area contributed by atoms with Crippen LogP contribution < -0.4 is 15.0 Å². The molecule has 0 atom stereocenters. The second-order valence-corrected chi connectivity index (χ2v) is 6.41. The minimum absolute atomic E-state index is 0.0634. The standard InChI is InChI=1S/C18H29N3O2/c1-15(2)7-6-10-19-18(22)21-13-11-20(12-14-21)16-8-4-5-9-17(16)23-3/h4-5,8-9,15H,6-7,10-14H2,1-3H3,(H,19,22). The van der Waals surface area contributed by atoms with Gasteiger partial charge in [0.05, 0.1) is 12.8 Å². The Morgan fingerprint density at radius 2 is 1.91 bits per heavy atom. The van der Waals surface area contributed by atoms with Gasteiger partial charge in [-0.15, -0.1) is 0 Å². The number of urea groups is 1. The average Bonchev–Trinajstić information content (AvgIpc) is 2.58. The summed E-state index contributed by atoms with van der Waals surface area (Å²) in [4.78, 5) is 16.4. The van der Waals surface area contributed by atoms with Gasteiger partial charge in [-0.3, -0.25) is 0 Å². The van der Waals surface area contributed by atoms with Gasteiger partial charge in [0.15, 0.2) is 0 Å². The van der Waals surface area contributed by atoms with Gasteiger partial charge in [-0.25, -0.2) is 4.79 Å². The third-order valence-corrected chi connectivity index (χ3v) is 4.23. The van der Waals surface area contributed by atoms with Crippen molar-refractivity contribution < 1.29 is 9.53 Å². The van der Waals surface area contributed by atoms with Crippen molar-refractivity contribution in [3.05, 3.63) is 24.3 Å². The third-order valence-electron chi connectivity index (χ3n) is 4.23. The SMILES string of the molecule is COc1ccccc1N1CCN(C(=O)NCCCC(C)C)CC1. The molecule has 1 fully saturated rings. The quantitative estimate of drug-likeness (QED) is 0.820. The maximum atomic E-state index is 12.2. The number of carbonyl (C=O) groups excluding carboxylic acids is 1. The van der Waals surface area contributed by atoms with Crippen molar-refractivity contribution in [3.63, 3.8) is 0 Å². The molecule has 2 rings (SSSR count). The molecule has 1 saturated heterocycles. The summed E-state index contributed by atoms with van der Waals surface area (Å²) in [5, 5.41) is 3.03. The number of amides is 2. The topological polar surface area (TPSA) is 44.8 Å². The lowest BCUT2D eigenvalue weighted by Crippen LogP contribution is -2.52. The van der Waals surface area contributed by atoms with Gasteiger partial charge < -0.3 is 19.9 Å². The predicted molar refractivity (Wildman–Crippen MR) is 94.3 cm³/mol. The monoisotopic (exact) mass is 319 g/mol. The molecule has 1 heterocycles. The number of ether oxygens (including phenoxy) is 1. The van der Waals surface area contributed by atoms with Crippen LogP contribution in [-0.4, -0.2) is 50.8 Å². The second kappa shape index (κ2) is 8.65. The average molecular weight is 319 g/mol. The fourth-order valence-electron chi connectivity index (χ4n) is 2.86. The highest BCUT2D eigenvalue weighted by molar-refractivity contribution is 5.74. The summed E-state index contributed by atoms with van der Waals surface area (Å²) in [5.41, 5.74) is 1.10. The van der Waals surface area contributed by atoms with Gasteiger partial charge in [0.2, 0.25) is 0 Å². The minimum Gasteiger partial charge on any atom is -0.495 e. The maximum Gasteiger partial charge on any atom is 0.317 e. The summed E-state index contributed by atoms with van der Waals surface area (Å²) >= 11 is 0. The number of hydrogen-bond donors (Lipinski definition) is 1. The number of benzene rings is 1. The molecule has 1 N–H and O–H groups in total. The minimum atomic E-state index is 0.0634. The summed E-state index contributed by atoms with van der Waals surface area (Å²) in [6.07, 6.45) is 2.20. The molecule has 128 valence electrons. The number of para-hydroxylation sites is 2. The molecule has 0 bridgehead atoms. The number of nitrogens with one attached hydrogen (secondary N) is 1. The number of anilines is 1. The molecule has 0 unspecified atom stereocenters. The highest BCUT2D eigenvalue weighted by Crippen LogP contribution is 2.28. The lowest BCUT2D eigenvalue weighted by Gasteiger charge is -2.36. The molecule has 5 nitrogen and oxygen atoms in total. The number of nitrogens with zero attached hydrogens (tertiary/aromatic N) is 2.